The van der Waals surface area contributed by atoms with Gasteiger partial charge in [-0.2, -0.15) is 0 Å². The molecule has 3 rings (SSSR count). The highest BCUT2D eigenvalue weighted by molar-refractivity contribution is 5.92. The van der Waals surface area contributed by atoms with Crippen LogP contribution in [-0.4, -0.2) is 32.2 Å². The molecule has 0 unspecified atom stereocenters. The van der Waals surface area contributed by atoms with Crippen molar-refractivity contribution < 1.29 is 14.3 Å². The lowest BCUT2D eigenvalue weighted by molar-refractivity contribution is -0.118. The summed E-state index contributed by atoms with van der Waals surface area (Å²) in [4.78, 5) is 14.6. The highest BCUT2D eigenvalue weighted by Crippen LogP contribution is 2.25. The molecule has 1 fully saturated rings. The monoisotopic (exact) mass is 368 g/mol. The largest absolute Gasteiger partial charge is 0.494 e. The normalized spacial score (nSPS) is 13.5. The second kappa shape index (κ2) is 9.31. The third kappa shape index (κ3) is 5.39. The van der Waals surface area contributed by atoms with E-state index in [1.807, 2.05) is 37.3 Å². The number of carbonyl (C=O) groups is 1. The van der Waals surface area contributed by atoms with E-state index in [0.29, 0.717) is 12.4 Å². The Bertz CT molecular complexity index is 753. The van der Waals surface area contributed by atoms with Gasteiger partial charge in [-0.3, -0.25) is 4.79 Å². The van der Waals surface area contributed by atoms with Gasteiger partial charge < -0.3 is 19.7 Å². The molecule has 2 aromatic carbocycles. The zero-order valence-corrected chi connectivity index (χ0v) is 16.2. The number of aryl methyl sites for hydroxylation is 1. The average molecular weight is 368 g/mol. The van der Waals surface area contributed by atoms with Crippen LogP contribution in [0.2, 0.25) is 0 Å². The minimum absolute atomic E-state index is 0.0253. The SMILES string of the molecule is CCCOc1ccc(OCC(=O)Nc2ccc(N3CCCC3)cc2C)cc1. The summed E-state index contributed by atoms with van der Waals surface area (Å²) in [5.74, 6) is 1.29. The smallest absolute Gasteiger partial charge is 0.262 e. The van der Waals surface area contributed by atoms with Crippen molar-refractivity contribution in [3.8, 4) is 11.5 Å². The van der Waals surface area contributed by atoms with Crippen LogP contribution in [0.25, 0.3) is 0 Å². The molecule has 0 spiro atoms. The minimum atomic E-state index is -0.168. The Labute approximate surface area is 161 Å². The maximum absolute atomic E-state index is 12.2. The lowest BCUT2D eigenvalue weighted by atomic mass is 10.1. The van der Waals surface area contributed by atoms with E-state index in [9.17, 15) is 4.79 Å². The standard InChI is InChI=1S/C22H28N2O3/c1-3-14-26-19-7-9-20(10-8-19)27-16-22(25)23-21-11-6-18(15-17(21)2)24-12-4-5-13-24/h6-11,15H,3-5,12-14,16H2,1-2H3,(H,23,25). The summed E-state index contributed by atoms with van der Waals surface area (Å²) in [5, 5.41) is 2.93. The lowest BCUT2D eigenvalue weighted by Gasteiger charge is -2.19. The third-order valence-corrected chi connectivity index (χ3v) is 4.62. The van der Waals surface area contributed by atoms with Gasteiger partial charge in [0, 0.05) is 24.5 Å². The number of nitrogens with zero attached hydrogens (tertiary/aromatic N) is 1. The summed E-state index contributed by atoms with van der Waals surface area (Å²) >= 11 is 0. The van der Waals surface area contributed by atoms with E-state index in [0.717, 1.165) is 36.5 Å². The minimum Gasteiger partial charge on any atom is -0.494 e. The highest BCUT2D eigenvalue weighted by Gasteiger charge is 2.13. The molecule has 0 bridgehead atoms. The van der Waals surface area contributed by atoms with E-state index in [1.54, 1.807) is 0 Å². The second-order valence-electron chi connectivity index (χ2n) is 6.85. The maximum atomic E-state index is 12.2. The molecule has 2 aromatic rings. The number of anilines is 2. The Morgan fingerprint density at radius 3 is 2.33 bits per heavy atom. The van der Waals surface area contributed by atoms with Crippen LogP contribution in [0.1, 0.15) is 31.7 Å². The molecule has 1 N–H and O–H groups in total. The second-order valence-corrected chi connectivity index (χ2v) is 6.85. The molecule has 1 heterocycles. The van der Waals surface area contributed by atoms with Gasteiger partial charge in [-0.15, -0.1) is 0 Å². The number of ether oxygens (including phenoxy) is 2. The summed E-state index contributed by atoms with van der Waals surface area (Å²) in [6, 6.07) is 13.5. The first-order valence-electron chi connectivity index (χ1n) is 9.67. The Kier molecular flexibility index (Phi) is 6.58. The van der Waals surface area contributed by atoms with Crippen molar-refractivity contribution in [2.24, 2.45) is 0 Å². The van der Waals surface area contributed by atoms with Gasteiger partial charge >= 0.3 is 0 Å². The zero-order chi connectivity index (χ0) is 19.1. The number of amides is 1. The molecule has 5 heteroatoms. The number of hydrogen-bond acceptors (Lipinski definition) is 4. The van der Waals surface area contributed by atoms with Crippen LogP contribution in [0.4, 0.5) is 11.4 Å². The highest BCUT2D eigenvalue weighted by atomic mass is 16.5. The first-order valence-corrected chi connectivity index (χ1v) is 9.67. The van der Waals surface area contributed by atoms with Crippen LogP contribution in [-0.2, 0) is 4.79 Å². The Hall–Kier alpha value is -2.69. The van der Waals surface area contributed by atoms with Gasteiger partial charge in [-0.05, 0) is 74.2 Å². The van der Waals surface area contributed by atoms with Crippen LogP contribution >= 0.6 is 0 Å². The molecule has 0 saturated carbocycles. The molecular weight excluding hydrogens is 340 g/mol. The fraction of sp³-hybridized carbons (Fsp3) is 0.409. The van der Waals surface area contributed by atoms with Gasteiger partial charge in [0.15, 0.2) is 6.61 Å². The first-order chi connectivity index (χ1) is 13.2. The maximum Gasteiger partial charge on any atom is 0.262 e. The zero-order valence-electron chi connectivity index (χ0n) is 16.2. The predicted molar refractivity (Wildman–Crippen MR) is 109 cm³/mol. The Morgan fingerprint density at radius 2 is 1.70 bits per heavy atom. The van der Waals surface area contributed by atoms with Crippen molar-refractivity contribution in [2.45, 2.75) is 33.1 Å². The number of carbonyl (C=O) groups excluding carboxylic acids is 1. The van der Waals surface area contributed by atoms with E-state index >= 15 is 0 Å². The number of hydrogen-bond donors (Lipinski definition) is 1. The number of nitrogens with one attached hydrogen (secondary N) is 1. The van der Waals surface area contributed by atoms with Crippen molar-refractivity contribution in [1.29, 1.82) is 0 Å². The summed E-state index contributed by atoms with van der Waals surface area (Å²) < 4.78 is 11.1. The molecule has 1 aliphatic rings. The van der Waals surface area contributed by atoms with E-state index in [2.05, 4.69) is 29.3 Å². The van der Waals surface area contributed by atoms with Gasteiger partial charge in [0.1, 0.15) is 11.5 Å². The van der Waals surface area contributed by atoms with Crippen LogP contribution in [0.5, 0.6) is 11.5 Å². The summed E-state index contributed by atoms with van der Waals surface area (Å²) in [6.45, 7) is 6.98. The van der Waals surface area contributed by atoms with Gasteiger partial charge in [-0.25, -0.2) is 0 Å². The third-order valence-electron chi connectivity index (χ3n) is 4.62. The van der Waals surface area contributed by atoms with Gasteiger partial charge in [0.2, 0.25) is 0 Å². The van der Waals surface area contributed by atoms with Crippen molar-refractivity contribution in [3.05, 3.63) is 48.0 Å². The van der Waals surface area contributed by atoms with Gasteiger partial charge in [-0.1, -0.05) is 6.92 Å². The molecule has 5 nitrogen and oxygen atoms in total. The molecule has 27 heavy (non-hydrogen) atoms. The molecule has 1 amide bonds. The molecular formula is C22H28N2O3. The van der Waals surface area contributed by atoms with Crippen molar-refractivity contribution in [3.63, 3.8) is 0 Å². The number of rotatable bonds is 8. The molecule has 0 atom stereocenters. The summed E-state index contributed by atoms with van der Waals surface area (Å²) in [7, 11) is 0. The van der Waals surface area contributed by atoms with Crippen LogP contribution in [0.15, 0.2) is 42.5 Å². The van der Waals surface area contributed by atoms with E-state index in [4.69, 9.17) is 9.47 Å². The van der Waals surface area contributed by atoms with E-state index in [-0.39, 0.29) is 12.5 Å². The van der Waals surface area contributed by atoms with Crippen molar-refractivity contribution in [1.82, 2.24) is 0 Å². The fourth-order valence-electron chi connectivity index (χ4n) is 3.15. The predicted octanol–water partition coefficient (Wildman–Crippen LogP) is 4.40. The molecule has 0 aromatic heterocycles. The molecule has 0 aliphatic carbocycles. The van der Waals surface area contributed by atoms with Crippen LogP contribution in [0.3, 0.4) is 0 Å². The van der Waals surface area contributed by atoms with Crippen molar-refractivity contribution in [2.75, 3.05) is 36.5 Å². The van der Waals surface area contributed by atoms with Crippen LogP contribution in [0, 0.1) is 6.92 Å². The summed E-state index contributed by atoms with van der Waals surface area (Å²) in [5.41, 5.74) is 3.12. The first kappa shape index (κ1) is 19.1. The number of benzene rings is 2. The lowest BCUT2D eigenvalue weighted by Crippen LogP contribution is -2.21. The summed E-state index contributed by atoms with van der Waals surface area (Å²) in [6.07, 6.45) is 3.47. The van der Waals surface area contributed by atoms with Crippen molar-refractivity contribution >= 4 is 17.3 Å². The molecule has 1 saturated heterocycles. The average Bonchev–Trinajstić information content (AvgIpc) is 3.22. The van der Waals surface area contributed by atoms with E-state index in [1.165, 1.54) is 18.5 Å². The quantitative estimate of drug-likeness (QED) is 0.750. The Morgan fingerprint density at radius 1 is 1.04 bits per heavy atom. The molecule has 0 radical (unpaired) electrons. The molecule has 1 aliphatic heterocycles. The fourth-order valence-corrected chi connectivity index (χ4v) is 3.15. The van der Waals surface area contributed by atoms with E-state index < -0.39 is 0 Å². The van der Waals surface area contributed by atoms with Gasteiger partial charge in [0.25, 0.3) is 5.91 Å². The van der Waals surface area contributed by atoms with Crippen LogP contribution < -0.4 is 19.7 Å². The molecule has 144 valence electrons. The topological polar surface area (TPSA) is 50.8 Å². The van der Waals surface area contributed by atoms with Gasteiger partial charge in [0.05, 0.1) is 6.61 Å². The Balaban J connectivity index is 1.50.